The Morgan fingerprint density at radius 3 is 2.40 bits per heavy atom. The summed E-state index contributed by atoms with van der Waals surface area (Å²) in [4.78, 5) is 22.7. The number of nitrogens with one attached hydrogen (secondary N) is 1. The van der Waals surface area contributed by atoms with Crippen molar-refractivity contribution in [2.75, 3.05) is 52.5 Å². The molecule has 3 fully saturated rings. The second-order valence-electron chi connectivity index (χ2n) is 8.81. The average molecular weight is 413 g/mol. The molecule has 4 rings (SSSR count). The zero-order valence-electron chi connectivity index (χ0n) is 18.3. The van der Waals surface area contributed by atoms with E-state index in [1.807, 2.05) is 23.1 Å². The number of carbonyl (C=O) groups is 1. The fraction of sp³-hybridized carbons (Fsp3) is 0.667. The Morgan fingerprint density at radius 1 is 1.10 bits per heavy atom. The lowest BCUT2D eigenvalue weighted by Gasteiger charge is -2.30. The number of carbonyl (C=O) groups excluding carboxylic acids is 1. The van der Waals surface area contributed by atoms with Crippen LogP contribution in [0.1, 0.15) is 44.1 Å². The van der Waals surface area contributed by atoms with Crippen LogP contribution in [0, 0.1) is 11.8 Å². The smallest absolute Gasteiger partial charge is 0.232 e. The predicted molar refractivity (Wildman–Crippen MR) is 120 cm³/mol. The molecule has 1 aromatic carbocycles. The van der Waals surface area contributed by atoms with Gasteiger partial charge in [-0.2, -0.15) is 0 Å². The van der Waals surface area contributed by atoms with Gasteiger partial charge < -0.3 is 19.9 Å². The van der Waals surface area contributed by atoms with Crippen LogP contribution >= 0.6 is 0 Å². The molecule has 3 atom stereocenters. The van der Waals surface area contributed by atoms with E-state index >= 15 is 0 Å². The van der Waals surface area contributed by atoms with E-state index < -0.39 is 0 Å². The van der Waals surface area contributed by atoms with Gasteiger partial charge in [-0.3, -0.25) is 9.79 Å². The first-order valence-corrected chi connectivity index (χ1v) is 11.7. The molecule has 1 saturated carbocycles. The third-order valence-corrected chi connectivity index (χ3v) is 6.86. The molecule has 2 saturated heterocycles. The van der Waals surface area contributed by atoms with Gasteiger partial charge in [0.05, 0.1) is 25.7 Å². The molecular formula is C24H36N4O2. The van der Waals surface area contributed by atoms with Gasteiger partial charge in [-0.15, -0.1) is 0 Å². The Kier molecular flexibility index (Phi) is 7.26. The highest BCUT2D eigenvalue weighted by atomic mass is 16.5. The monoisotopic (exact) mass is 412 g/mol. The van der Waals surface area contributed by atoms with Crippen LogP contribution in [-0.4, -0.2) is 74.1 Å². The van der Waals surface area contributed by atoms with E-state index in [-0.39, 0.29) is 11.8 Å². The number of morpholine rings is 1. The maximum atomic E-state index is 13.4. The number of guanidine groups is 1. The molecule has 3 aliphatic rings. The highest BCUT2D eigenvalue weighted by molar-refractivity contribution is 5.85. The van der Waals surface area contributed by atoms with Gasteiger partial charge in [0.2, 0.25) is 5.91 Å². The predicted octanol–water partition coefficient (Wildman–Crippen LogP) is 2.72. The maximum absolute atomic E-state index is 13.4. The zero-order chi connectivity index (χ0) is 20.8. The Balaban J connectivity index is 1.51. The summed E-state index contributed by atoms with van der Waals surface area (Å²) < 4.78 is 5.44. The summed E-state index contributed by atoms with van der Waals surface area (Å²) in [5, 5.41) is 3.49. The van der Waals surface area contributed by atoms with Gasteiger partial charge in [0.15, 0.2) is 5.96 Å². The van der Waals surface area contributed by atoms with E-state index in [1.54, 1.807) is 0 Å². The van der Waals surface area contributed by atoms with E-state index in [2.05, 4.69) is 29.3 Å². The highest BCUT2D eigenvalue weighted by Crippen LogP contribution is 2.36. The number of aliphatic imine (C=N–C) groups is 1. The van der Waals surface area contributed by atoms with Crippen molar-refractivity contribution in [2.45, 2.75) is 38.5 Å². The Labute approximate surface area is 180 Å². The molecule has 164 valence electrons. The first kappa shape index (κ1) is 21.2. The molecule has 2 aliphatic heterocycles. The van der Waals surface area contributed by atoms with Crippen molar-refractivity contribution in [3.05, 3.63) is 35.9 Å². The van der Waals surface area contributed by atoms with Crippen LogP contribution in [0.15, 0.2) is 35.3 Å². The van der Waals surface area contributed by atoms with E-state index in [9.17, 15) is 4.79 Å². The SMILES string of the molecule is CCNC(=NCC(C(=O)N1CCOCC1)c1ccccc1)N1CC2CCCCC2C1. The summed E-state index contributed by atoms with van der Waals surface area (Å²) in [5.74, 6) is 2.51. The van der Waals surface area contributed by atoms with Gasteiger partial charge in [-0.25, -0.2) is 0 Å². The van der Waals surface area contributed by atoms with Gasteiger partial charge in [0.25, 0.3) is 0 Å². The minimum Gasteiger partial charge on any atom is -0.378 e. The number of rotatable bonds is 5. The molecule has 2 heterocycles. The summed E-state index contributed by atoms with van der Waals surface area (Å²) in [5.41, 5.74) is 1.05. The topological polar surface area (TPSA) is 57.2 Å². The summed E-state index contributed by atoms with van der Waals surface area (Å²) in [7, 11) is 0. The van der Waals surface area contributed by atoms with Gasteiger partial charge in [0, 0.05) is 32.7 Å². The normalized spacial score (nSPS) is 25.7. The number of hydrogen-bond acceptors (Lipinski definition) is 3. The second kappa shape index (κ2) is 10.3. The van der Waals surface area contributed by atoms with Gasteiger partial charge >= 0.3 is 0 Å². The van der Waals surface area contributed by atoms with Crippen molar-refractivity contribution in [3.8, 4) is 0 Å². The Hall–Kier alpha value is -2.08. The van der Waals surface area contributed by atoms with Crippen LogP contribution < -0.4 is 5.32 Å². The number of amides is 1. The van der Waals surface area contributed by atoms with E-state index in [0.29, 0.717) is 32.8 Å². The van der Waals surface area contributed by atoms with Crippen molar-refractivity contribution in [1.82, 2.24) is 15.1 Å². The van der Waals surface area contributed by atoms with Crippen molar-refractivity contribution in [2.24, 2.45) is 16.8 Å². The third kappa shape index (κ3) is 4.97. The van der Waals surface area contributed by atoms with Crippen LogP contribution in [0.3, 0.4) is 0 Å². The standard InChI is InChI=1S/C24H36N4O2/c1-2-25-24(28-17-20-10-6-7-11-21(20)18-28)26-16-22(19-8-4-3-5-9-19)23(29)27-12-14-30-15-13-27/h3-5,8-9,20-22H,2,6-7,10-18H2,1H3,(H,25,26). The molecule has 6 heteroatoms. The number of hydrogen-bond donors (Lipinski definition) is 1. The van der Waals surface area contributed by atoms with Crippen LogP contribution in [0.2, 0.25) is 0 Å². The Bertz CT molecular complexity index is 703. The van der Waals surface area contributed by atoms with Gasteiger partial charge in [0.1, 0.15) is 0 Å². The first-order valence-electron chi connectivity index (χ1n) is 11.7. The summed E-state index contributed by atoms with van der Waals surface area (Å²) in [6.45, 7) is 8.22. The maximum Gasteiger partial charge on any atom is 0.232 e. The second-order valence-corrected chi connectivity index (χ2v) is 8.81. The van der Waals surface area contributed by atoms with Gasteiger partial charge in [-0.05, 0) is 37.2 Å². The molecule has 3 unspecified atom stereocenters. The number of benzene rings is 1. The fourth-order valence-electron chi connectivity index (χ4n) is 5.20. The fourth-order valence-corrected chi connectivity index (χ4v) is 5.20. The molecule has 0 spiro atoms. The van der Waals surface area contributed by atoms with Crippen molar-refractivity contribution in [1.29, 1.82) is 0 Å². The van der Waals surface area contributed by atoms with Crippen LogP contribution in [-0.2, 0) is 9.53 Å². The summed E-state index contributed by atoms with van der Waals surface area (Å²) in [6, 6.07) is 10.1. The first-order chi connectivity index (χ1) is 14.8. The molecule has 1 amide bonds. The van der Waals surface area contributed by atoms with Crippen molar-refractivity contribution >= 4 is 11.9 Å². The number of likely N-dealkylation sites (tertiary alicyclic amines) is 1. The summed E-state index contributed by atoms with van der Waals surface area (Å²) >= 11 is 0. The quantitative estimate of drug-likeness (QED) is 0.597. The lowest BCUT2D eigenvalue weighted by molar-refractivity contribution is -0.136. The zero-order valence-corrected chi connectivity index (χ0v) is 18.3. The molecule has 0 bridgehead atoms. The molecule has 1 N–H and O–H groups in total. The lowest BCUT2D eigenvalue weighted by atomic mass is 9.82. The van der Waals surface area contributed by atoms with Gasteiger partial charge in [-0.1, -0.05) is 43.2 Å². The number of fused-ring (bicyclic) bond motifs is 1. The van der Waals surface area contributed by atoms with Crippen molar-refractivity contribution < 1.29 is 9.53 Å². The highest BCUT2D eigenvalue weighted by Gasteiger charge is 2.36. The van der Waals surface area contributed by atoms with Crippen molar-refractivity contribution in [3.63, 3.8) is 0 Å². The van der Waals surface area contributed by atoms with Crippen LogP contribution in [0.25, 0.3) is 0 Å². The molecule has 30 heavy (non-hydrogen) atoms. The minimum atomic E-state index is -0.247. The van der Waals surface area contributed by atoms with Crippen LogP contribution in [0.5, 0.6) is 0 Å². The molecule has 1 aliphatic carbocycles. The third-order valence-electron chi connectivity index (χ3n) is 6.86. The van der Waals surface area contributed by atoms with E-state index in [4.69, 9.17) is 9.73 Å². The van der Waals surface area contributed by atoms with E-state index in [1.165, 1.54) is 25.7 Å². The molecule has 0 radical (unpaired) electrons. The number of nitrogens with zero attached hydrogens (tertiary/aromatic N) is 3. The molecule has 0 aromatic heterocycles. The Morgan fingerprint density at radius 2 is 1.77 bits per heavy atom. The minimum absolute atomic E-state index is 0.166. The molecular weight excluding hydrogens is 376 g/mol. The molecule has 6 nitrogen and oxygen atoms in total. The summed E-state index contributed by atoms with van der Waals surface area (Å²) in [6.07, 6.45) is 5.44. The lowest BCUT2D eigenvalue weighted by Crippen LogP contribution is -2.44. The average Bonchev–Trinajstić information content (AvgIpc) is 3.24. The van der Waals surface area contributed by atoms with Crippen LogP contribution in [0.4, 0.5) is 0 Å². The molecule has 1 aromatic rings. The van der Waals surface area contributed by atoms with E-state index in [0.717, 1.165) is 43.0 Å². The largest absolute Gasteiger partial charge is 0.378 e. The number of ether oxygens (including phenoxy) is 1.